The molecule has 2 aromatic heterocycles. The lowest BCUT2D eigenvalue weighted by atomic mass is 9.91. The standard InChI is InChI=1S/C32H39N5O3/c1-22-28-8-3-4-9-29(28)37(15-6-16-40-2)31(22)25-7-5-14-36(21-25)30(38)18-27(33)17-23-10-12-24(13-11-23)26-19-34-32(39)35-20-26/h3-4,8-13,19-20,25,27H,5-7,14-18,21,33H2,1-2H3,(H,34,35,39)/t25?,27-/m1/s1. The van der Waals surface area contributed by atoms with Crippen molar-refractivity contribution in [2.24, 2.45) is 5.73 Å². The molecule has 0 saturated carbocycles. The van der Waals surface area contributed by atoms with Crippen LogP contribution in [-0.2, 0) is 22.5 Å². The first-order valence-corrected chi connectivity index (χ1v) is 14.2. The molecule has 2 aromatic carbocycles. The molecule has 0 bridgehead atoms. The Morgan fingerprint density at radius 3 is 2.73 bits per heavy atom. The predicted octanol–water partition coefficient (Wildman–Crippen LogP) is 4.40. The van der Waals surface area contributed by atoms with Gasteiger partial charge < -0.3 is 24.9 Å². The molecule has 1 saturated heterocycles. The van der Waals surface area contributed by atoms with Crippen molar-refractivity contribution in [3.05, 3.63) is 88.2 Å². The molecule has 1 amide bonds. The number of methoxy groups -OCH3 is 1. The van der Waals surface area contributed by atoms with Gasteiger partial charge in [-0.15, -0.1) is 0 Å². The number of piperidine rings is 1. The van der Waals surface area contributed by atoms with E-state index in [2.05, 4.69) is 45.7 Å². The number of carbonyl (C=O) groups excluding carboxylic acids is 1. The third-order valence-electron chi connectivity index (χ3n) is 8.06. The van der Waals surface area contributed by atoms with Gasteiger partial charge in [-0.25, -0.2) is 9.78 Å². The average Bonchev–Trinajstić information content (AvgIpc) is 3.25. The van der Waals surface area contributed by atoms with Crippen LogP contribution in [0.4, 0.5) is 0 Å². The topological polar surface area (TPSA) is 106 Å². The number of likely N-dealkylation sites (tertiary alicyclic amines) is 1. The van der Waals surface area contributed by atoms with Crippen LogP contribution in [0, 0.1) is 6.92 Å². The Kier molecular flexibility index (Phi) is 8.77. The van der Waals surface area contributed by atoms with E-state index in [-0.39, 0.29) is 17.6 Å². The number of carbonyl (C=O) groups is 1. The van der Waals surface area contributed by atoms with Gasteiger partial charge in [-0.05, 0) is 55.4 Å². The number of rotatable bonds is 10. The van der Waals surface area contributed by atoms with E-state index >= 15 is 0 Å². The van der Waals surface area contributed by atoms with E-state index in [1.54, 1.807) is 19.5 Å². The van der Waals surface area contributed by atoms with E-state index in [9.17, 15) is 9.59 Å². The first kappa shape index (κ1) is 27.8. The van der Waals surface area contributed by atoms with Gasteiger partial charge in [-0.3, -0.25) is 4.79 Å². The Balaban J connectivity index is 1.24. The number of nitrogens with zero attached hydrogens (tertiary/aromatic N) is 3. The minimum Gasteiger partial charge on any atom is -0.385 e. The molecule has 3 heterocycles. The molecular formula is C32H39N5O3. The van der Waals surface area contributed by atoms with E-state index in [0.717, 1.165) is 62.2 Å². The van der Waals surface area contributed by atoms with Gasteiger partial charge in [-0.2, -0.15) is 0 Å². The van der Waals surface area contributed by atoms with Crippen LogP contribution in [0.1, 0.15) is 48.4 Å². The normalized spacial score (nSPS) is 16.4. The van der Waals surface area contributed by atoms with Crippen molar-refractivity contribution in [1.29, 1.82) is 0 Å². The highest BCUT2D eigenvalue weighted by molar-refractivity contribution is 5.85. The van der Waals surface area contributed by atoms with Crippen LogP contribution in [0.3, 0.4) is 0 Å². The summed E-state index contributed by atoms with van der Waals surface area (Å²) < 4.78 is 7.79. The van der Waals surface area contributed by atoms with E-state index in [1.165, 1.54) is 22.2 Å². The Bertz CT molecular complexity index is 1490. The number of aryl methyl sites for hydroxylation is 2. The number of hydrogen-bond donors (Lipinski definition) is 2. The number of benzene rings is 2. The molecule has 1 fully saturated rings. The first-order valence-electron chi connectivity index (χ1n) is 14.2. The van der Waals surface area contributed by atoms with Gasteiger partial charge in [0.25, 0.3) is 0 Å². The van der Waals surface area contributed by atoms with Crippen LogP contribution in [0.2, 0.25) is 0 Å². The van der Waals surface area contributed by atoms with Crippen molar-refractivity contribution in [3.8, 4) is 11.1 Å². The molecule has 0 spiro atoms. The van der Waals surface area contributed by atoms with Gasteiger partial charge in [-0.1, -0.05) is 42.5 Å². The summed E-state index contributed by atoms with van der Waals surface area (Å²) in [5, 5.41) is 1.29. The zero-order valence-corrected chi connectivity index (χ0v) is 23.4. The third kappa shape index (κ3) is 6.18. The molecule has 1 unspecified atom stereocenters. The maximum Gasteiger partial charge on any atom is 0.344 e. The zero-order chi connectivity index (χ0) is 28.1. The number of H-pyrrole nitrogens is 1. The van der Waals surface area contributed by atoms with Crippen LogP contribution in [0.25, 0.3) is 22.0 Å². The predicted molar refractivity (Wildman–Crippen MR) is 158 cm³/mol. The molecule has 210 valence electrons. The molecule has 8 heteroatoms. The van der Waals surface area contributed by atoms with Crippen LogP contribution in [0.15, 0.2) is 65.7 Å². The maximum atomic E-state index is 13.4. The number of ether oxygens (including phenoxy) is 1. The van der Waals surface area contributed by atoms with Crippen molar-refractivity contribution >= 4 is 16.8 Å². The Morgan fingerprint density at radius 2 is 1.98 bits per heavy atom. The molecule has 0 aliphatic carbocycles. The van der Waals surface area contributed by atoms with Crippen LogP contribution < -0.4 is 11.4 Å². The van der Waals surface area contributed by atoms with Crippen molar-refractivity contribution in [3.63, 3.8) is 0 Å². The molecule has 1 aliphatic heterocycles. The minimum absolute atomic E-state index is 0.132. The molecule has 40 heavy (non-hydrogen) atoms. The fourth-order valence-corrected chi connectivity index (χ4v) is 6.12. The highest BCUT2D eigenvalue weighted by Gasteiger charge is 2.29. The largest absolute Gasteiger partial charge is 0.385 e. The van der Waals surface area contributed by atoms with Crippen molar-refractivity contribution in [2.75, 3.05) is 26.8 Å². The highest BCUT2D eigenvalue weighted by atomic mass is 16.5. The molecule has 0 radical (unpaired) electrons. The van der Waals surface area contributed by atoms with E-state index in [0.29, 0.717) is 18.8 Å². The average molecular weight is 542 g/mol. The zero-order valence-electron chi connectivity index (χ0n) is 23.4. The summed E-state index contributed by atoms with van der Waals surface area (Å²) in [6.45, 7) is 5.37. The van der Waals surface area contributed by atoms with Crippen molar-refractivity contribution < 1.29 is 9.53 Å². The Morgan fingerprint density at radius 1 is 1.18 bits per heavy atom. The van der Waals surface area contributed by atoms with Gasteiger partial charge in [0.15, 0.2) is 0 Å². The number of nitrogens with one attached hydrogen (secondary N) is 1. The van der Waals surface area contributed by atoms with Crippen molar-refractivity contribution in [1.82, 2.24) is 19.4 Å². The maximum absolute atomic E-state index is 13.4. The molecule has 5 rings (SSSR count). The number of hydrogen-bond acceptors (Lipinski definition) is 5. The second-order valence-electron chi connectivity index (χ2n) is 10.9. The smallest absolute Gasteiger partial charge is 0.344 e. The van der Waals surface area contributed by atoms with Gasteiger partial charge in [0.1, 0.15) is 0 Å². The summed E-state index contributed by atoms with van der Waals surface area (Å²) in [4.78, 5) is 33.0. The second kappa shape index (κ2) is 12.6. The summed E-state index contributed by atoms with van der Waals surface area (Å²) in [5.41, 5.74) is 12.9. The summed E-state index contributed by atoms with van der Waals surface area (Å²) in [5.74, 6) is 0.437. The fourth-order valence-electron chi connectivity index (χ4n) is 6.12. The van der Waals surface area contributed by atoms with E-state index in [4.69, 9.17) is 10.5 Å². The van der Waals surface area contributed by atoms with E-state index < -0.39 is 0 Å². The highest BCUT2D eigenvalue weighted by Crippen LogP contribution is 2.36. The van der Waals surface area contributed by atoms with Crippen LogP contribution in [0.5, 0.6) is 0 Å². The van der Waals surface area contributed by atoms with Gasteiger partial charge >= 0.3 is 5.69 Å². The molecule has 1 aliphatic rings. The summed E-state index contributed by atoms with van der Waals surface area (Å²) >= 11 is 0. The first-order chi connectivity index (χ1) is 19.4. The summed E-state index contributed by atoms with van der Waals surface area (Å²) in [7, 11) is 1.75. The number of fused-ring (bicyclic) bond motifs is 1. The molecule has 4 aromatic rings. The lowest BCUT2D eigenvalue weighted by Crippen LogP contribution is -2.42. The number of amides is 1. The van der Waals surface area contributed by atoms with Crippen molar-refractivity contribution in [2.45, 2.75) is 57.5 Å². The number of nitrogens with two attached hydrogens (primary N) is 1. The minimum atomic E-state index is -0.365. The number of aromatic amines is 1. The van der Waals surface area contributed by atoms with E-state index in [1.807, 2.05) is 29.2 Å². The SMILES string of the molecule is COCCCn1c(C2CCCN(C(=O)C[C@H](N)Cc3ccc(-c4cnc(=O)[nH]c4)cc3)C2)c(C)c2ccccc21. The number of para-hydroxylation sites is 1. The van der Waals surface area contributed by atoms with Crippen LogP contribution >= 0.6 is 0 Å². The molecule has 3 N–H and O–H groups in total. The Labute approximate surface area is 235 Å². The summed E-state index contributed by atoms with van der Waals surface area (Å²) in [6.07, 6.45) is 7.19. The summed E-state index contributed by atoms with van der Waals surface area (Å²) in [6, 6.07) is 16.4. The second-order valence-corrected chi connectivity index (χ2v) is 10.9. The molecular weight excluding hydrogens is 502 g/mol. The Hall–Kier alpha value is -3.75. The van der Waals surface area contributed by atoms with Gasteiger partial charge in [0.2, 0.25) is 5.91 Å². The molecule has 8 nitrogen and oxygen atoms in total. The quantitative estimate of drug-likeness (QED) is 0.290. The third-order valence-corrected chi connectivity index (χ3v) is 8.06. The van der Waals surface area contributed by atoms with Crippen LogP contribution in [-0.4, -0.2) is 58.2 Å². The molecule has 2 atom stereocenters. The van der Waals surface area contributed by atoms with Gasteiger partial charge in [0, 0.05) is 86.3 Å². The monoisotopic (exact) mass is 541 g/mol. The number of aromatic nitrogens is 3. The lowest BCUT2D eigenvalue weighted by molar-refractivity contribution is -0.132. The lowest BCUT2D eigenvalue weighted by Gasteiger charge is -2.34. The fraction of sp³-hybridized carbons (Fsp3) is 0.406. The van der Waals surface area contributed by atoms with Gasteiger partial charge in [0.05, 0.1) is 0 Å².